The minimum absolute atomic E-state index is 0.573. The van der Waals surface area contributed by atoms with Crippen molar-refractivity contribution in [2.24, 2.45) is 5.92 Å². The molecule has 0 aliphatic heterocycles. The highest BCUT2D eigenvalue weighted by Crippen LogP contribution is 2.21. The van der Waals surface area contributed by atoms with E-state index in [9.17, 15) is 0 Å². The molecule has 5 heteroatoms. The molecule has 0 fully saturated rings. The van der Waals surface area contributed by atoms with Crippen LogP contribution in [-0.4, -0.2) is 24.1 Å². The molecule has 25 heavy (non-hydrogen) atoms. The summed E-state index contributed by atoms with van der Waals surface area (Å²) < 4.78 is 4.29. The first-order valence-electron chi connectivity index (χ1n) is 8.58. The van der Waals surface area contributed by atoms with Gasteiger partial charge in [0.15, 0.2) is 5.65 Å². The Kier molecular flexibility index (Phi) is 4.06. The molecular weight excluding hydrogens is 310 g/mol. The maximum absolute atomic E-state index is 4.62. The third-order valence-corrected chi connectivity index (χ3v) is 4.24. The van der Waals surface area contributed by atoms with E-state index in [1.807, 2.05) is 29.1 Å². The summed E-state index contributed by atoms with van der Waals surface area (Å²) in [6.45, 7) is 5.40. The lowest BCUT2D eigenvalue weighted by atomic mass is 10.1. The van der Waals surface area contributed by atoms with Crippen LogP contribution >= 0.6 is 0 Å². The molecule has 0 N–H and O–H groups in total. The van der Waals surface area contributed by atoms with Crippen molar-refractivity contribution < 1.29 is 0 Å². The molecule has 0 saturated heterocycles. The van der Waals surface area contributed by atoms with Crippen LogP contribution in [0.15, 0.2) is 61.3 Å². The van der Waals surface area contributed by atoms with Crippen molar-refractivity contribution in [3.05, 3.63) is 72.6 Å². The maximum atomic E-state index is 4.62. The Morgan fingerprint density at radius 1 is 0.960 bits per heavy atom. The normalized spacial score (nSPS) is 11.5. The molecule has 0 spiro atoms. The summed E-state index contributed by atoms with van der Waals surface area (Å²) >= 11 is 0. The first-order chi connectivity index (χ1) is 12.2. The van der Waals surface area contributed by atoms with Crippen LogP contribution in [0.4, 0.5) is 0 Å². The number of rotatable bonds is 5. The molecule has 0 amide bonds. The Hall–Kier alpha value is -2.95. The van der Waals surface area contributed by atoms with Gasteiger partial charge in [-0.05, 0) is 23.6 Å². The summed E-state index contributed by atoms with van der Waals surface area (Å²) in [5.74, 6) is 1.66. The van der Waals surface area contributed by atoms with Crippen LogP contribution in [-0.2, 0) is 13.0 Å². The number of fused-ring (bicyclic) bond motifs is 1. The van der Waals surface area contributed by atoms with Gasteiger partial charge in [-0.2, -0.15) is 0 Å². The fraction of sp³-hybridized carbons (Fsp3) is 0.250. The molecule has 4 rings (SSSR count). The summed E-state index contributed by atoms with van der Waals surface area (Å²) in [6.07, 6.45) is 6.34. The highest BCUT2D eigenvalue weighted by molar-refractivity contribution is 5.75. The maximum Gasteiger partial charge on any atom is 0.169 e. The molecule has 3 heterocycles. The molecule has 1 aromatic carbocycles. The summed E-state index contributed by atoms with van der Waals surface area (Å²) in [6, 6.07) is 14.5. The van der Waals surface area contributed by atoms with Crippen LogP contribution in [0.1, 0.15) is 25.1 Å². The lowest BCUT2D eigenvalue weighted by Gasteiger charge is -2.12. The largest absolute Gasteiger partial charge is 0.334 e. The predicted molar refractivity (Wildman–Crippen MR) is 98.7 cm³/mol. The first-order valence-corrected chi connectivity index (χ1v) is 8.58. The van der Waals surface area contributed by atoms with E-state index >= 15 is 0 Å². The summed E-state index contributed by atoms with van der Waals surface area (Å²) in [5, 5.41) is 0. The summed E-state index contributed by atoms with van der Waals surface area (Å²) in [5.41, 5.74) is 3.89. The van der Waals surface area contributed by atoms with E-state index in [1.54, 1.807) is 6.33 Å². The first kappa shape index (κ1) is 15.6. The second kappa shape index (κ2) is 6.51. The zero-order valence-electron chi connectivity index (χ0n) is 14.5. The molecule has 0 aliphatic rings. The van der Waals surface area contributed by atoms with Crippen LogP contribution < -0.4 is 0 Å². The van der Waals surface area contributed by atoms with Crippen LogP contribution in [0.5, 0.6) is 0 Å². The molecule has 0 saturated carbocycles. The van der Waals surface area contributed by atoms with Crippen molar-refractivity contribution in [1.82, 2.24) is 24.1 Å². The Bertz CT molecular complexity index is 982. The number of benzene rings is 1. The van der Waals surface area contributed by atoms with Gasteiger partial charge < -0.3 is 4.57 Å². The average molecular weight is 331 g/mol. The smallest absolute Gasteiger partial charge is 0.169 e. The topological polar surface area (TPSA) is 48.5 Å². The van der Waals surface area contributed by atoms with Crippen molar-refractivity contribution in [3.8, 4) is 5.82 Å². The van der Waals surface area contributed by atoms with Gasteiger partial charge >= 0.3 is 0 Å². The minimum Gasteiger partial charge on any atom is -0.334 e. The summed E-state index contributed by atoms with van der Waals surface area (Å²) in [7, 11) is 0. The highest BCUT2D eigenvalue weighted by atomic mass is 15.2. The van der Waals surface area contributed by atoms with Gasteiger partial charge in [0.05, 0.1) is 5.69 Å². The monoisotopic (exact) mass is 331 g/mol. The van der Waals surface area contributed by atoms with E-state index in [0.29, 0.717) is 5.92 Å². The third kappa shape index (κ3) is 3.05. The van der Waals surface area contributed by atoms with Gasteiger partial charge in [0.2, 0.25) is 0 Å². The average Bonchev–Trinajstić information content (AvgIpc) is 3.22. The third-order valence-electron chi connectivity index (χ3n) is 4.24. The molecule has 3 aromatic heterocycles. The van der Waals surface area contributed by atoms with E-state index in [0.717, 1.165) is 35.6 Å². The molecular formula is C20H21N5. The predicted octanol–water partition coefficient (Wildman–Crippen LogP) is 3.86. The van der Waals surface area contributed by atoms with E-state index < -0.39 is 0 Å². The standard InChI is InChI=1S/C20H21N5/c1-15(2)12-24-10-6-9-18(24)25-14-23-19-17(21-13-22-20(19)25)11-16-7-4-3-5-8-16/h3-10,13-15H,11-12H2,1-2H3. The van der Waals surface area contributed by atoms with E-state index in [4.69, 9.17) is 0 Å². The minimum atomic E-state index is 0.573. The van der Waals surface area contributed by atoms with Crippen molar-refractivity contribution in [1.29, 1.82) is 0 Å². The zero-order valence-corrected chi connectivity index (χ0v) is 14.5. The summed E-state index contributed by atoms with van der Waals surface area (Å²) in [4.78, 5) is 13.6. The highest BCUT2D eigenvalue weighted by Gasteiger charge is 2.14. The Labute approximate surface area is 147 Å². The fourth-order valence-corrected chi connectivity index (χ4v) is 3.14. The molecule has 0 radical (unpaired) electrons. The Morgan fingerprint density at radius 3 is 2.60 bits per heavy atom. The molecule has 0 unspecified atom stereocenters. The van der Waals surface area contributed by atoms with E-state index in [2.05, 4.69) is 63.8 Å². The molecule has 126 valence electrons. The van der Waals surface area contributed by atoms with E-state index in [-0.39, 0.29) is 0 Å². The lowest BCUT2D eigenvalue weighted by Crippen LogP contribution is -2.09. The number of aromatic nitrogens is 5. The van der Waals surface area contributed by atoms with Crippen LogP contribution in [0.25, 0.3) is 17.0 Å². The number of nitrogens with zero attached hydrogens (tertiary/aromatic N) is 5. The van der Waals surface area contributed by atoms with Crippen molar-refractivity contribution in [2.45, 2.75) is 26.8 Å². The second-order valence-corrected chi connectivity index (χ2v) is 6.68. The molecule has 0 bridgehead atoms. The van der Waals surface area contributed by atoms with Crippen molar-refractivity contribution in [2.75, 3.05) is 0 Å². The van der Waals surface area contributed by atoms with Gasteiger partial charge in [-0.3, -0.25) is 4.57 Å². The number of hydrogen-bond acceptors (Lipinski definition) is 3. The molecule has 5 nitrogen and oxygen atoms in total. The van der Waals surface area contributed by atoms with Crippen LogP contribution in [0.3, 0.4) is 0 Å². The molecule has 0 aliphatic carbocycles. The van der Waals surface area contributed by atoms with Gasteiger partial charge in [-0.1, -0.05) is 44.2 Å². The van der Waals surface area contributed by atoms with Gasteiger partial charge in [0, 0.05) is 19.2 Å². The Balaban J connectivity index is 1.76. The number of hydrogen-bond donors (Lipinski definition) is 0. The van der Waals surface area contributed by atoms with Gasteiger partial charge in [0.25, 0.3) is 0 Å². The quantitative estimate of drug-likeness (QED) is 0.558. The van der Waals surface area contributed by atoms with Crippen LogP contribution in [0.2, 0.25) is 0 Å². The Morgan fingerprint density at radius 2 is 1.80 bits per heavy atom. The fourth-order valence-electron chi connectivity index (χ4n) is 3.14. The van der Waals surface area contributed by atoms with Crippen molar-refractivity contribution >= 4 is 11.2 Å². The second-order valence-electron chi connectivity index (χ2n) is 6.68. The lowest BCUT2D eigenvalue weighted by molar-refractivity contribution is 0.519. The van der Waals surface area contributed by atoms with Crippen molar-refractivity contribution in [3.63, 3.8) is 0 Å². The van der Waals surface area contributed by atoms with Gasteiger partial charge in [0.1, 0.15) is 24.0 Å². The van der Waals surface area contributed by atoms with Gasteiger partial charge in [-0.15, -0.1) is 0 Å². The SMILES string of the molecule is CC(C)Cn1cccc1-n1cnc2c(Cc3ccccc3)ncnc21. The van der Waals surface area contributed by atoms with E-state index in [1.165, 1.54) is 5.56 Å². The number of imidazole rings is 1. The van der Waals surface area contributed by atoms with Gasteiger partial charge in [-0.25, -0.2) is 15.0 Å². The van der Waals surface area contributed by atoms with Crippen LogP contribution in [0, 0.1) is 5.92 Å². The molecule has 0 atom stereocenters. The zero-order chi connectivity index (χ0) is 17.2. The molecule has 4 aromatic rings.